The first-order valence-electron chi connectivity index (χ1n) is 6.65. The molecule has 6 heteroatoms. The van der Waals surface area contributed by atoms with Crippen molar-refractivity contribution in [1.29, 1.82) is 0 Å². The molecule has 0 spiro atoms. The minimum atomic E-state index is 0.324. The molecule has 0 aliphatic carbocycles. The van der Waals surface area contributed by atoms with E-state index in [0.717, 1.165) is 21.5 Å². The number of hydrogen-bond donors (Lipinski definition) is 1. The average Bonchev–Trinajstić information content (AvgIpc) is 2.97. The average molecular weight is 287 g/mol. The summed E-state index contributed by atoms with van der Waals surface area (Å²) in [4.78, 5) is 0.856. The van der Waals surface area contributed by atoms with Crippen LogP contribution in [0.5, 0.6) is 0 Å². The van der Waals surface area contributed by atoms with Crippen molar-refractivity contribution < 1.29 is 0 Å². The van der Waals surface area contributed by atoms with Crippen LogP contribution in [0.25, 0.3) is 4.96 Å². The van der Waals surface area contributed by atoms with Gasteiger partial charge in [-0.2, -0.15) is 9.61 Å². The van der Waals surface area contributed by atoms with Crippen LogP contribution in [0.15, 0.2) is 24.3 Å². The molecule has 0 aliphatic heterocycles. The summed E-state index contributed by atoms with van der Waals surface area (Å²) in [5.74, 6) is 1.24. The third-order valence-electron chi connectivity index (χ3n) is 3.07. The number of fused-ring (bicyclic) bond motifs is 1. The standard InChI is InChI=1S/C14H17N5S/c1-9(2)13-16-17-14-19(13)18-12(20-14)8-15-11-6-4-10(3)5-7-11/h4-7,9,15H,8H2,1-3H3. The Kier molecular flexibility index (Phi) is 3.40. The highest BCUT2D eigenvalue weighted by Crippen LogP contribution is 2.19. The second kappa shape index (κ2) is 5.20. The Labute approximate surface area is 121 Å². The van der Waals surface area contributed by atoms with Gasteiger partial charge in [-0.15, -0.1) is 10.2 Å². The maximum Gasteiger partial charge on any atom is 0.234 e. The molecule has 0 fully saturated rings. The van der Waals surface area contributed by atoms with Crippen molar-refractivity contribution >= 4 is 22.0 Å². The number of benzene rings is 1. The fourth-order valence-electron chi connectivity index (χ4n) is 1.95. The molecule has 0 saturated heterocycles. The summed E-state index contributed by atoms with van der Waals surface area (Å²) in [5.41, 5.74) is 2.36. The lowest BCUT2D eigenvalue weighted by molar-refractivity contribution is 0.719. The van der Waals surface area contributed by atoms with Crippen LogP contribution in [0.4, 0.5) is 5.69 Å². The second-order valence-corrected chi connectivity index (χ2v) is 6.16. The van der Waals surface area contributed by atoms with Gasteiger partial charge in [0.15, 0.2) is 5.82 Å². The van der Waals surface area contributed by atoms with E-state index in [1.807, 2.05) is 4.52 Å². The molecule has 0 amide bonds. The Morgan fingerprint density at radius 3 is 2.65 bits per heavy atom. The molecule has 20 heavy (non-hydrogen) atoms. The highest BCUT2D eigenvalue weighted by molar-refractivity contribution is 7.16. The molecule has 0 radical (unpaired) electrons. The summed E-state index contributed by atoms with van der Waals surface area (Å²) < 4.78 is 1.85. The van der Waals surface area contributed by atoms with Crippen LogP contribution in [0.3, 0.4) is 0 Å². The van der Waals surface area contributed by atoms with E-state index in [1.54, 1.807) is 11.3 Å². The molecule has 104 valence electrons. The van der Waals surface area contributed by atoms with Gasteiger partial charge in [-0.25, -0.2) is 0 Å². The lowest BCUT2D eigenvalue weighted by atomic mass is 10.2. The smallest absolute Gasteiger partial charge is 0.234 e. The van der Waals surface area contributed by atoms with Gasteiger partial charge in [-0.3, -0.25) is 0 Å². The fraction of sp³-hybridized carbons (Fsp3) is 0.357. The van der Waals surface area contributed by atoms with Crippen LogP contribution in [0.1, 0.15) is 36.2 Å². The lowest BCUT2D eigenvalue weighted by Crippen LogP contribution is -2.02. The van der Waals surface area contributed by atoms with E-state index in [9.17, 15) is 0 Å². The number of hydrogen-bond acceptors (Lipinski definition) is 5. The molecule has 3 aromatic rings. The minimum Gasteiger partial charge on any atom is -0.378 e. The van der Waals surface area contributed by atoms with Crippen molar-refractivity contribution in [2.24, 2.45) is 0 Å². The first-order chi connectivity index (χ1) is 9.63. The quantitative estimate of drug-likeness (QED) is 0.800. The number of nitrogens with one attached hydrogen (secondary N) is 1. The number of aromatic nitrogens is 4. The van der Waals surface area contributed by atoms with Crippen LogP contribution in [-0.4, -0.2) is 19.8 Å². The van der Waals surface area contributed by atoms with E-state index in [1.165, 1.54) is 5.56 Å². The molecule has 1 N–H and O–H groups in total. The predicted molar refractivity (Wildman–Crippen MR) is 81.3 cm³/mol. The van der Waals surface area contributed by atoms with Crippen molar-refractivity contribution in [3.8, 4) is 0 Å². The largest absolute Gasteiger partial charge is 0.378 e. The van der Waals surface area contributed by atoms with E-state index in [2.05, 4.69) is 65.6 Å². The SMILES string of the molecule is Cc1ccc(NCc2nn3c(C(C)C)nnc3s2)cc1. The van der Waals surface area contributed by atoms with Gasteiger partial charge in [0.2, 0.25) is 4.96 Å². The number of rotatable bonds is 4. The normalized spacial score (nSPS) is 11.4. The summed E-state index contributed by atoms with van der Waals surface area (Å²) in [7, 11) is 0. The molecule has 1 aromatic carbocycles. The van der Waals surface area contributed by atoms with Crippen LogP contribution < -0.4 is 5.32 Å². The Balaban J connectivity index is 1.76. The van der Waals surface area contributed by atoms with Gasteiger partial charge in [0, 0.05) is 11.6 Å². The summed E-state index contributed by atoms with van der Waals surface area (Å²) in [6.45, 7) is 6.98. The van der Waals surface area contributed by atoms with Crippen molar-refractivity contribution in [3.05, 3.63) is 40.7 Å². The highest BCUT2D eigenvalue weighted by atomic mass is 32.1. The first-order valence-corrected chi connectivity index (χ1v) is 7.46. The van der Waals surface area contributed by atoms with Gasteiger partial charge in [-0.05, 0) is 19.1 Å². The van der Waals surface area contributed by atoms with Gasteiger partial charge in [0.1, 0.15) is 5.01 Å². The summed E-state index contributed by atoms with van der Waals surface area (Å²) >= 11 is 1.57. The van der Waals surface area contributed by atoms with Gasteiger partial charge in [-0.1, -0.05) is 42.9 Å². The zero-order valence-electron chi connectivity index (χ0n) is 11.8. The molecule has 0 bridgehead atoms. The van der Waals surface area contributed by atoms with Crippen LogP contribution in [0.2, 0.25) is 0 Å². The molecular formula is C14H17N5S. The van der Waals surface area contributed by atoms with Gasteiger partial charge >= 0.3 is 0 Å². The third-order valence-corrected chi connectivity index (χ3v) is 3.97. The zero-order chi connectivity index (χ0) is 14.1. The maximum atomic E-state index is 4.57. The summed E-state index contributed by atoms with van der Waals surface area (Å²) in [6, 6.07) is 8.35. The van der Waals surface area contributed by atoms with E-state index in [4.69, 9.17) is 0 Å². The fourth-order valence-corrected chi connectivity index (χ4v) is 2.73. The molecule has 0 aliphatic rings. The molecule has 0 unspecified atom stereocenters. The van der Waals surface area contributed by atoms with E-state index < -0.39 is 0 Å². The summed E-state index contributed by atoms with van der Waals surface area (Å²) in [6.07, 6.45) is 0. The summed E-state index contributed by atoms with van der Waals surface area (Å²) in [5, 5.41) is 17.3. The zero-order valence-corrected chi connectivity index (χ0v) is 12.6. The number of anilines is 1. The Morgan fingerprint density at radius 2 is 1.95 bits per heavy atom. The third kappa shape index (κ3) is 2.51. The second-order valence-electron chi connectivity index (χ2n) is 5.12. The molecular weight excluding hydrogens is 270 g/mol. The van der Waals surface area contributed by atoms with E-state index >= 15 is 0 Å². The predicted octanol–water partition coefficient (Wildman–Crippen LogP) is 3.23. The van der Waals surface area contributed by atoms with E-state index in [0.29, 0.717) is 12.5 Å². The molecule has 2 heterocycles. The van der Waals surface area contributed by atoms with E-state index in [-0.39, 0.29) is 0 Å². The van der Waals surface area contributed by atoms with Crippen LogP contribution in [-0.2, 0) is 6.54 Å². The van der Waals surface area contributed by atoms with Crippen molar-refractivity contribution in [1.82, 2.24) is 19.8 Å². The molecule has 3 rings (SSSR count). The number of aryl methyl sites for hydroxylation is 1. The van der Waals surface area contributed by atoms with Gasteiger partial charge in [0.25, 0.3) is 0 Å². The Hall–Kier alpha value is -1.95. The Bertz CT molecular complexity index is 711. The minimum absolute atomic E-state index is 0.324. The van der Waals surface area contributed by atoms with Crippen molar-refractivity contribution in [3.63, 3.8) is 0 Å². The molecule has 0 atom stereocenters. The maximum absolute atomic E-state index is 4.57. The Morgan fingerprint density at radius 1 is 1.20 bits per heavy atom. The van der Waals surface area contributed by atoms with Crippen molar-refractivity contribution in [2.75, 3.05) is 5.32 Å². The van der Waals surface area contributed by atoms with Crippen molar-refractivity contribution in [2.45, 2.75) is 33.2 Å². The number of nitrogens with zero attached hydrogens (tertiary/aromatic N) is 4. The lowest BCUT2D eigenvalue weighted by Gasteiger charge is -2.03. The highest BCUT2D eigenvalue weighted by Gasteiger charge is 2.13. The first kappa shape index (κ1) is 13.1. The van der Waals surface area contributed by atoms with Gasteiger partial charge in [0.05, 0.1) is 6.54 Å². The molecule has 2 aromatic heterocycles. The van der Waals surface area contributed by atoms with Gasteiger partial charge < -0.3 is 5.32 Å². The monoisotopic (exact) mass is 287 g/mol. The molecule has 5 nitrogen and oxygen atoms in total. The van der Waals surface area contributed by atoms with Crippen LogP contribution in [0, 0.1) is 6.92 Å². The molecule has 0 saturated carbocycles. The topological polar surface area (TPSA) is 55.1 Å². The van der Waals surface area contributed by atoms with Crippen LogP contribution >= 0.6 is 11.3 Å².